The minimum atomic E-state index is -4.80. The number of furan rings is 1. The molecule has 5 nitrogen and oxygen atoms in total. The van der Waals surface area contributed by atoms with Crippen LogP contribution in [0.25, 0.3) is 33.6 Å². The fraction of sp³-hybridized carbons (Fsp3) is 0.111. The van der Waals surface area contributed by atoms with Gasteiger partial charge in [0.1, 0.15) is 22.8 Å². The van der Waals surface area contributed by atoms with Gasteiger partial charge in [0, 0.05) is 16.5 Å². The van der Waals surface area contributed by atoms with Crippen LogP contribution in [-0.4, -0.2) is 21.8 Å². The van der Waals surface area contributed by atoms with E-state index < -0.39 is 6.36 Å². The highest BCUT2D eigenvalue weighted by molar-refractivity contribution is 5.84. The molecule has 0 amide bonds. The number of H-pyrrole nitrogens is 1. The Bertz CT molecular complexity index is 1050. The van der Waals surface area contributed by atoms with Crippen LogP contribution in [-0.2, 0) is 0 Å². The van der Waals surface area contributed by atoms with Crippen molar-refractivity contribution in [1.29, 1.82) is 0 Å². The molecular weight excluding hydrogens is 347 g/mol. The molecule has 0 aliphatic rings. The van der Waals surface area contributed by atoms with Crippen LogP contribution in [0.3, 0.4) is 0 Å². The number of alkyl halides is 3. The molecule has 0 bridgehead atoms. The second-order valence-corrected chi connectivity index (χ2v) is 5.70. The molecule has 0 aliphatic heterocycles. The van der Waals surface area contributed by atoms with Gasteiger partial charge in [-0.2, -0.15) is 15.4 Å². The molecule has 26 heavy (non-hydrogen) atoms. The Morgan fingerprint density at radius 2 is 1.77 bits per heavy atom. The minimum absolute atomic E-state index is 0.354. The van der Waals surface area contributed by atoms with Crippen molar-refractivity contribution in [3.63, 3.8) is 0 Å². The standard InChI is InChI=1S/C18H12F3N3O2/c1-10-17(23-24-22-10)13-6-12(7-14(8-13)26-18(19,20)21)16-9-11-4-2-3-5-15(11)25-16/h2-9H,1H3,(H,22,23,24). The Morgan fingerprint density at radius 1 is 1.00 bits per heavy atom. The number of para-hydroxylation sites is 1. The third-order valence-corrected chi connectivity index (χ3v) is 3.85. The zero-order chi connectivity index (χ0) is 18.3. The number of rotatable bonds is 3. The molecule has 4 rings (SSSR count). The largest absolute Gasteiger partial charge is 0.573 e. The monoisotopic (exact) mass is 359 g/mol. The van der Waals surface area contributed by atoms with Crippen molar-refractivity contribution in [1.82, 2.24) is 15.4 Å². The van der Waals surface area contributed by atoms with Gasteiger partial charge in [0.2, 0.25) is 0 Å². The lowest BCUT2D eigenvalue weighted by Crippen LogP contribution is -2.17. The van der Waals surface area contributed by atoms with Crippen LogP contribution in [0.5, 0.6) is 5.75 Å². The van der Waals surface area contributed by atoms with Gasteiger partial charge >= 0.3 is 6.36 Å². The van der Waals surface area contributed by atoms with Crippen LogP contribution in [0.2, 0.25) is 0 Å². The van der Waals surface area contributed by atoms with Crippen molar-refractivity contribution >= 4 is 11.0 Å². The van der Waals surface area contributed by atoms with Crippen molar-refractivity contribution in [3.05, 3.63) is 54.2 Å². The van der Waals surface area contributed by atoms with Gasteiger partial charge in [-0.3, -0.25) is 0 Å². The molecule has 8 heteroatoms. The number of hydrogen-bond donors (Lipinski definition) is 1. The maximum atomic E-state index is 12.7. The summed E-state index contributed by atoms with van der Waals surface area (Å²) in [5.41, 5.74) is 2.53. The van der Waals surface area contributed by atoms with Gasteiger partial charge in [-0.25, -0.2) is 0 Å². The number of fused-ring (bicyclic) bond motifs is 1. The van der Waals surface area contributed by atoms with Gasteiger partial charge < -0.3 is 9.15 Å². The van der Waals surface area contributed by atoms with E-state index in [2.05, 4.69) is 20.1 Å². The van der Waals surface area contributed by atoms with E-state index in [1.807, 2.05) is 18.2 Å². The van der Waals surface area contributed by atoms with Gasteiger partial charge in [0.25, 0.3) is 0 Å². The first kappa shape index (κ1) is 16.2. The smallest absolute Gasteiger partial charge is 0.456 e. The highest BCUT2D eigenvalue weighted by Gasteiger charge is 2.31. The minimum Gasteiger partial charge on any atom is -0.456 e. The molecule has 0 spiro atoms. The van der Waals surface area contributed by atoms with E-state index in [4.69, 9.17) is 4.42 Å². The fourth-order valence-electron chi connectivity index (χ4n) is 2.75. The lowest BCUT2D eigenvalue weighted by molar-refractivity contribution is -0.274. The van der Waals surface area contributed by atoms with Crippen molar-refractivity contribution in [2.45, 2.75) is 13.3 Å². The normalized spacial score (nSPS) is 11.8. The van der Waals surface area contributed by atoms with Gasteiger partial charge in [0.15, 0.2) is 0 Å². The molecule has 0 unspecified atom stereocenters. The average Bonchev–Trinajstić information content (AvgIpc) is 3.18. The summed E-state index contributed by atoms with van der Waals surface area (Å²) in [4.78, 5) is 0. The molecule has 0 atom stereocenters. The predicted molar refractivity (Wildman–Crippen MR) is 88.4 cm³/mol. The number of aryl methyl sites for hydroxylation is 1. The zero-order valence-corrected chi connectivity index (χ0v) is 13.5. The molecule has 0 saturated carbocycles. The van der Waals surface area contributed by atoms with Gasteiger partial charge in [-0.15, -0.1) is 13.2 Å². The molecule has 0 radical (unpaired) electrons. The molecule has 2 heterocycles. The number of aromatic amines is 1. The first-order valence-corrected chi connectivity index (χ1v) is 7.66. The van der Waals surface area contributed by atoms with Crippen molar-refractivity contribution < 1.29 is 22.3 Å². The predicted octanol–water partition coefficient (Wildman–Crippen LogP) is 5.09. The molecule has 132 valence electrons. The summed E-state index contributed by atoms with van der Waals surface area (Å²) < 4.78 is 48.0. The third kappa shape index (κ3) is 3.13. The number of benzene rings is 2. The molecule has 2 aromatic heterocycles. The Labute approximate surface area is 145 Å². The molecule has 0 aliphatic carbocycles. The zero-order valence-electron chi connectivity index (χ0n) is 13.5. The van der Waals surface area contributed by atoms with E-state index in [0.29, 0.717) is 33.9 Å². The Balaban J connectivity index is 1.87. The number of hydrogen-bond acceptors (Lipinski definition) is 4. The summed E-state index contributed by atoms with van der Waals surface area (Å²) in [7, 11) is 0. The number of halogens is 3. The lowest BCUT2D eigenvalue weighted by atomic mass is 10.0. The van der Waals surface area contributed by atoms with E-state index in [9.17, 15) is 13.2 Å². The molecule has 4 aromatic rings. The van der Waals surface area contributed by atoms with Crippen LogP contribution in [0.1, 0.15) is 5.69 Å². The van der Waals surface area contributed by atoms with Gasteiger partial charge in [-0.05, 0) is 37.3 Å². The van der Waals surface area contributed by atoms with E-state index in [0.717, 1.165) is 5.39 Å². The van der Waals surface area contributed by atoms with Gasteiger partial charge in [0.05, 0.1) is 5.69 Å². The highest BCUT2D eigenvalue weighted by Crippen LogP contribution is 2.36. The van der Waals surface area contributed by atoms with Crippen LogP contribution in [0, 0.1) is 6.92 Å². The molecule has 0 fully saturated rings. The van der Waals surface area contributed by atoms with E-state index in [1.165, 1.54) is 12.1 Å². The van der Waals surface area contributed by atoms with Crippen molar-refractivity contribution in [3.8, 4) is 28.3 Å². The summed E-state index contributed by atoms with van der Waals surface area (Å²) >= 11 is 0. The van der Waals surface area contributed by atoms with Crippen LogP contribution >= 0.6 is 0 Å². The molecule has 0 saturated heterocycles. The quantitative estimate of drug-likeness (QED) is 0.553. The van der Waals surface area contributed by atoms with Crippen molar-refractivity contribution in [2.75, 3.05) is 0 Å². The topological polar surface area (TPSA) is 63.9 Å². The number of ether oxygens (including phenoxy) is 1. The first-order chi connectivity index (χ1) is 12.4. The Kier molecular flexibility index (Phi) is 3.68. The van der Waals surface area contributed by atoms with Crippen LogP contribution in [0.4, 0.5) is 13.2 Å². The van der Waals surface area contributed by atoms with Crippen LogP contribution < -0.4 is 4.74 Å². The van der Waals surface area contributed by atoms with Gasteiger partial charge in [-0.1, -0.05) is 18.2 Å². The molecule has 1 N–H and O–H groups in total. The summed E-state index contributed by atoms with van der Waals surface area (Å²) in [6.45, 7) is 1.71. The first-order valence-electron chi connectivity index (χ1n) is 7.66. The SMILES string of the molecule is Cc1n[nH]nc1-c1cc(OC(F)(F)F)cc(-c2cc3ccccc3o2)c1. The number of aromatic nitrogens is 3. The molecule has 2 aromatic carbocycles. The van der Waals surface area contributed by atoms with Crippen molar-refractivity contribution in [2.24, 2.45) is 0 Å². The summed E-state index contributed by atoms with van der Waals surface area (Å²) in [6.07, 6.45) is -4.80. The van der Waals surface area contributed by atoms with E-state index in [1.54, 1.807) is 25.1 Å². The lowest BCUT2D eigenvalue weighted by Gasteiger charge is -2.11. The molecular formula is C18H12F3N3O2. The number of nitrogens with zero attached hydrogens (tertiary/aromatic N) is 2. The summed E-state index contributed by atoms with van der Waals surface area (Å²) in [5.74, 6) is 0.0779. The Morgan fingerprint density at radius 3 is 2.46 bits per heavy atom. The maximum Gasteiger partial charge on any atom is 0.573 e. The second-order valence-electron chi connectivity index (χ2n) is 5.70. The third-order valence-electron chi connectivity index (χ3n) is 3.85. The Hall–Kier alpha value is -3.29. The van der Waals surface area contributed by atoms with Crippen LogP contribution in [0.15, 0.2) is 52.9 Å². The summed E-state index contributed by atoms with van der Waals surface area (Å²) in [6, 6.07) is 13.3. The average molecular weight is 359 g/mol. The summed E-state index contributed by atoms with van der Waals surface area (Å²) in [5, 5.41) is 11.2. The van der Waals surface area contributed by atoms with E-state index >= 15 is 0 Å². The maximum absolute atomic E-state index is 12.7. The fourth-order valence-corrected chi connectivity index (χ4v) is 2.75. The number of nitrogens with one attached hydrogen (secondary N) is 1. The van der Waals surface area contributed by atoms with E-state index in [-0.39, 0.29) is 5.75 Å². The second kappa shape index (κ2) is 5.91. The highest BCUT2D eigenvalue weighted by atomic mass is 19.4.